The molecule has 0 radical (unpaired) electrons. The first-order valence-corrected chi connectivity index (χ1v) is 10.6. The van der Waals surface area contributed by atoms with Crippen molar-refractivity contribution in [3.8, 4) is 0 Å². The maximum atomic E-state index is 12.7. The number of furan rings is 1. The lowest BCUT2D eigenvalue weighted by atomic mass is 9.94. The summed E-state index contributed by atoms with van der Waals surface area (Å²) in [5.74, 6) is -0.0701. The van der Waals surface area contributed by atoms with Crippen molar-refractivity contribution in [3.05, 3.63) is 74.8 Å². The Bertz CT molecular complexity index is 1460. The molecule has 0 saturated heterocycles. The van der Waals surface area contributed by atoms with E-state index in [-0.39, 0.29) is 17.5 Å². The maximum Gasteiger partial charge on any atom is 0.340 e. The zero-order valence-electron chi connectivity index (χ0n) is 17.6. The molecule has 2 amide bonds. The van der Waals surface area contributed by atoms with Crippen molar-refractivity contribution < 1.29 is 18.4 Å². The van der Waals surface area contributed by atoms with Crippen LogP contribution < -0.4 is 16.7 Å². The fraction of sp³-hybridized carbons (Fsp3) is 0.240. The zero-order valence-corrected chi connectivity index (χ0v) is 17.6. The third-order valence-electron chi connectivity index (χ3n) is 6.17. The van der Waals surface area contributed by atoms with E-state index >= 15 is 0 Å². The van der Waals surface area contributed by atoms with Gasteiger partial charge >= 0.3 is 5.63 Å². The molecular formula is C25H22N2O5. The van der Waals surface area contributed by atoms with Crippen LogP contribution in [-0.2, 0) is 24.1 Å². The molecule has 0 spiro atoms. The lowest BCUT2D eigenvalue weighted by molar-refractivity contribution is -0.115. The van der Waals surface area contributed by atoms with Gasteiger partial charge in [0, 0.05) is 28.8 Å². The van der Waals surface area contributed by atoms with Crippen LogP contribution in [0.1, 0.15) is 45.7 Å². The maximum absolute atomic E-state index is 12.7. The molecule has 0 bridgehead atoms. The first-order chi connectivity index (χ1) is 15.4. The summed E-state index contributed by atoms with van der Waals surface area (Å²) in [6.45, 7) is 1.82. The van der Waals surface area contributed by atoms with Crippen LogP contribution in [0.25, 0.3) is 21.9 Å². The second-order valence-electron chi connectivity index (χ2n) is 8.18. The molecule has 3 N–H and O–H groups in total. The van der Waals surface area contributed by atoms with Crippen LogP contribution in [0, 0.1) is 6.92 Å². The first-order valence-electron chi connectivity index (χ1n) is 10.6. The highest BCUT2D eigenvalue weighted by atomic mass is 16.4. The third kappa shape index (κ3) is 3.36. The Balaban J connectivity index is 1.53. The van der Waals surface area contributed by atoms with E-state index in [9.17, 15) is 14.4 Å². The van der Waals surface area contributed by atoms with Crippen molar-refractivity contribution in [2.75, 3.05) is 5.32 Å². The smallest absolute Gasteiger partial charge is 0.340 e. The Labute approximate surface area is 183 Å². The normalized spacial score (nSPS) is 13.3. The summed E-state index contributed by atoms with van der Waals surface area (Å²) >= 11 is 0. The molecule has 4 aromatic rings. The van der Waals surface area contributed by atoms with Crippen molar-refractivity contribution in [2.45, 2.75) is 39.0 Å². The number of carbonyl (C=O) groups excluding carboxylic acids is 2. The lowest BCUT2D eigenvalue weighted by Gasteiger charge is -2.11. The number of aryl methyl sites for hydroxylation is 3. The van der Waals surface area contributed by atoms with E-state index in [0.29, 0.717) is 16.8 Å². The number of para-hydroxylation sites is 1. The SMILES string of the molecule is Cc1c(CC(=O)Nc2ccccc2C(N)=O)c(=O)oc2cc3oc4c(c3cc12)CCCC4. The van der Waals surface area contributed by atoms with Gasteiger partial charge in [-0.3, -0.25) is 9.59 Å². The van der Waals surface area contributed by atoms with Gasteiger partial charge in [-0.25, -0.2) is 4.79 Å². The summed E-state index contributed by atoms with van der Waals surface area (Å²) in [5.41, 5.74) is 8.68. The molecule has 7 heteroatoms. The largest absolute Gasteiger partial charge is 0.461 e. The van der Waals surface area contributed by atoms with Gasteiger partial charge in [0.2, 0.25) is 5.91 Å². The summed E-state index contributed by atoms with van der Waals surface area (Å²) in [7, 11) is 0. The second kappa shape index (κ2) is 7.67. The van der Waals surface area contributed by atoms with Crippen LogP contribution in [0.5, 0.6) is 0 Å². The fourth-order valence-electron chi connectivity index (χ4n) is 4.51. The molecular weight excluding hydrogens is 408 g/mol. The molecule has 32 heavy (non-hydrogen) atoms. The first kappa shape index (κ1) is 20.1. The van der Waals surface area contributed by atoms with Crippen LogP contribution in [0.15, 0.2) is 50.0 Å². The van der Waals surface area contributed by atoms with Gasteiger partial charge in [-0.15, -0.1) is 0 Å². The molecule has 1 aliphatic rings. The summed E-state index contributed by atoms with van der Waals surface area (Å²) in [5, 5.41) is 4.49. The predicted molar refractivity (Wildman–Crippen MR) is 121 cm³/mol. The van der Waals surface area contributed by atoms with E-state index in [1.54, 1.807) is 24.3 Å². The van der Waals surface area contributed by atoms with Gasteiger partial charge in [-0.2, -0.15) is 0 Å². The number of rotatable bonds is 4. The van der Waals surface area contributed by atoms with E-state index in [1.807, 2.05) is 13.0 Å². The molecule has 0 unspecified atom stereocenters. The average molecular weight is 430 g/mol. The van der Waals surface area contributed by atoms with Crippen molar-refractivity contribution in [3.63, 3.8) is 0 Å². The van der Waals surface area contributed by atoms with Gasteiger partial charge in [0.1, 0.15) is 16.9 Å². The summed E-state index contributed by atoms with van der Waals surface area (Å²) in [4.78, 5) is 37.0. The molecule has 0 saturated carbocycles. The lowest BCUT2D eigenvalue weighted by Crippen LogP contribution is -2.22. The zero-order chi connectivity index (χ0) is 22.4. The number of primary amides is 1. The number of carbonyl (C=O) groups is 2. The number of hydrogen-bond acceptors (Lipinski definition) is 5. The van der Waals surface area contributed by atoms with Crippen molar-refractivity contribution in [2.24, 2.45) is 5.73 Å². The Kier molecular flexibility index (Phi) is 4.81. The highest BCUT2D eigenvalue weighted by Gasteiger charge is 2.21. The standard InChI is InChI=1S/C25H22N2O5/c1-13-16-10-18-14-6-3-5-9-20(14)31-22(18)12-21(16)32-25(30)17(13)11-23(28)27-19-8-4-2-7-15(19)24(26)29/h2,4,7-8,10,12H,3,5-6,9,11H2,1H3,(H2,26,29)(H,27,28). The Hall–Kier alpha value is -3.87. The van der Waals surface area contributed by atoms with Crippen LogP contribution in [0.3, 0.4) is 0 Å². The second-order valence-corrected chi connectivity index (χ2v) is 8.18. The number of benzene rings is 2. The quantitative estimate of drug-likeness (QED) is 0.475. The fourth-order valence-corrected chi connectivity index (χ4v) is 4.51. The number of amides is 2. The van der Waals surface area contributed by atoms with Gasteiger partial charge in [0.05, 0.1) is 23.2 Å². The number of nitrogens with two attached hydrogens (primary N) is 1. The molecule has 2 aromatic carbocycles. The van der Waals surface area contributed by atoms with Gasteiger partial charge in [-0.05, 0) is 49.9 Å². The van der Waals surface area contributed by atoms with Crippen LogP contribution in [0.4, 0.5) is 5.69 Å². The molecule has 0 atom stereocenters. The summed E-state index contributed by atoms with van der Waals surface area (Å²) < 4.78 is 11.6. The highest BCUT2D eigenvalue weighted by molar-refractivity contribution is 6.03. The number of fused-ring (bicyclic) bond motifs is 4. The molecule has 0 aliphatic heterocycles. The van der Waals surface area contributed by atoms with Crippen molar-refractivity contribution in [1.82, 2.24) is 0 Å². The van der Waals surface area contributed by atoms with E-state index in [1.165, 1.54) is 11.6 Å². The minimum absolute atomic E-state index is 0.182. The Morgan fingerprint density at radius 1 is 1.03 bits per heavy atom. The Morgan fingerprint density at radius 3 is 2.59 bits per heavy atom. The molecule has 7 nitrogen and oxygen atoms in total. The van der Waals surface area contributed by atoms with Crippen molar-refractivity contribution >= 4 is 39.4 Å². The molecule has 1 aliphatic carbocycles. The minimum Gasteiger partial charge on any atom is -0.461 e. The van der Waals surface area contributed by atoms with Gasteiger partial charge in [0.25, 0.3) is 5.91 Å². The molecule has 0 fully saturated rings. The van der Waals surface area contributed by atoms with Crippen molar-refractivity contribution in [1.29, 1.82) is 0 Å². The monoisotopic (exact) mass is 430 g/mol. The van der Waals surface area contributed by atoms with E-state index in [2.05, 4.69) is 5.32 Å². The molecule has 162 valence electrons. The van der Waals surface area contributed by atoms with Gasteiger partial charge in [0.15, 0.2) is 0 Å². The Morgan fingerprint density at radius 2 is 1.78 bits per heavy atom. The predicted octanol–water partition coefficient (Wildman–Crippen LogP) is 4.01. The van der Waals surface area contributed by atoms with E-state index in [0.717, 1.165) is 47.8 Å². The highest BCUT2D eigenvalue weighted by Crippen LogP contribution is 2.35. The molecule has 2 aromatic heterocycles. The van der Waals surface area contributed by atoms with Gasteiger partial charge in [-0.1, -0.05) is 12.1 Å². The summed E-state index contributed by atoms with van der Waals surface area (Å²) in [6.07, 6.45) is 3.94. The van der Waals surface area contributed by atoms with Crippen LogP contribution in [-0.4, -0.2) is 11.8 Å². The number of hydrogen-bond donors (Lipinski definition) is 2. The summed E-state index contributed by atoms with van der Waals surface area (Å²) in [6, 6.07) is 10.2. The van der Waals surface area contributed by atoms with Crippen LogP contribution in [0.2, 0.25) is 0 Å². The van der Waals surface area contributed by atoms with E-state index in [4.69, 9.17) is 14.6 Å². The number of nitrogens with one attached hydrogen (secondary N) is 1. The van der Waals surface area contributed by atoms with E-state index < -0.39 is 17.4 Å². The molecule has 5 rings (SSSR count). The third-order valence-corrected chi connectivity index (χ3v) is 6.17. The molecule has 2 heterocycles. The number of anilines is 1. The average Bonchev–Trinajstić information content (AvgIpc) is 3.13. The topological polar surface area (TPSA) is 116 Å². The van der Waals surface area contributed by atoms with Crippen LogP contribution >= 0.6 is 0 Å². The minimum atomic E-state index is -0.644. The van der Waals surface area contributed by atoms with Gasteiger partial charge < -0.3 is 19.9 Å².